The minimum atomic E-state index is -0.295. The first kappa shape index (κ1) is 18.7. The Hall–Kier alpha value is -2.61. The van der Waals surface area contributed by atoms with E-state index in [0.29, 0.717) is 22.2 Å². The number of nitrogens with zero attached hydrogens (tertiary/aromatic N) is 1. The molecule has 2 aromatic rings. The zero-order valence-corrected chi connectivity index (χ0v) is 15.4. The second-order valence-corrected chi connectivity index (χ2v) is 6.48. The Morgan fingerprint density at radius 3 is 2.64 bits per heavy atom. The molecule has 0 fully saturated rings. The number of aromatic nitrogens is 1. The van der Waals surface area contributed by atoms with Crippen molar-refractivity contribution in [1.82, 2.24) is 10.3 Å². The fraction of sp³-hybridized carbons (Fsp3) is 0.353. The van der Waals surface area contributed by atoms with Crippen LogP contribution in [0.25, 0.3) is 0 Å². The van der Waals surface area contributed by atoms with Gasteiger partial charge in [0, 0.05) is 17.0 Å². The van der Waals surface area contributed by atoms with E-state index in [4.69, 9.17) is 9.47 Å². The molecule has 0 aliphatic heterocycles. The molecule has 8 heteroatoms. The normalized spacial score (nSPS) is 10.4. The van der Waals surface area contributed by atoms with E-state index >= 15 is 0 Å². The molecule has 1 aromatic carbocycles. The smallest absolute Gasteiger partial charge is 0.258 e. The number of benzene rings is 1. The van der Waals surface area contributed by atoms with Crippen LogP contribution in [0.15, 0.2) is 23.6 Å². The van der Waals surface area contributed by atoms with Gasteiger partial charge in [-0.05, 0) is 39.0 Å². The first-order chi connectivity index (χ1) is 11.9. The summed E-state index contributed by atoms with van der Waals surface area (Å²) in [6.07, 6.45) is 0. The van der Waals surface area contributed by atoms with Crippen LogP contribution in [0.5, 0.6) is 11.5 Å². The largest absolute Gasteiger partial charge is 0.493 e. The van der Waals surface area contributed by atoms with Gasteiger partial charge >= 0.3 is 0 Å². The summed E-state index contributed by atoms with van der Waals surface area (Å²) in [7, 11) is 1.47. The number of aryl methyl sites for hydroxylation is 1. The number of amides is 2. The first-order valence-electron chi connectivity index (χ1n) is 7.72. The molecule has 7 nitrogen and oxygen atoms in total. The van der Waals surface area contributed by atoms with Crippen molar-refractivity contribution in [1.29, 1.82) is 0 Å². The Morgan fingerprint density at radius 1 is 1.28 bits per heavy atom. The van der Waals surface area contributed by atoms with Crippen molar-refractivity contribution in [2.75, 3.05) is 19.0 Å². The highest BCUT2D eigenvalue weighted by Crippen LogP contribution is 2.28. The number of methoxy groups -OCH3 is 1. The zero-order valence-electron chi connectivity index (χ0n) is 14.6. The Kier molecular flexibility index (Phi) is 6.35. The molecule has 1 aromatic heterocycles. The third-order valence-electron chi connectivity index (χ3n) is 3.07. The molecule has 25 heavy (non-hydrogen) atoms. The van der Waals surface area contributed by atoms with Crippen LogP contribution in [-0.4, -0.2) is 36.6 Å². The van der Waals surface area contributed by atoms with E-state index < -0.39 is 0 Å². The summed E-state index contributed by atoms with van der Waals surface area (Å²) in [4.78, 5) is 28.1. The first-order valence-corrected chi connectivity index (χ1v) is 8.60. The summed E-state index contributed by atoms with van der Waals surface area (Å²) >= 11 is 1.36. The van der Waals surface area contributed by atoms with E-state index in [9.17, 15) is 9.59 Å². The molecule has 2 rings (SSSR count). The van der Waals surface area contributed by atoms with E-state index in [1.54, 1.807) is 18.2 Å². The topological polar surface area (TPSA) is 89.6 Å². The van der Waals surface area contributed by atoms with Crippen molar-refractivity contribution < 1.29 is 19.1 Å². The number of hydrogen-bond donors (Lipinski definition) is 2. The lowest BCUT2D eigenvalue weighted by atomic mass is 10.2. The minimum Gasteiger partial charge on any atom is -0.493 e. The van der Waals surface area contributed by atoms with E-state index in [1.165, 1.54) is 18.4 Å². The van der Waals surface area contributed by atoms with Crippen LogP contribution in [0.3, 0.4) is 0 Å². The Labute approximate surface area is 150 Å². The summed E-state index contributed by atoms with van der Waals surface area (Å²) in [6, 6.07) is 4.81. The zero-order chi connectivity index (χ0) is 18.4. The highest BCUT2D eigenvalue weighted by molar-refractivity contribution is 7.13. The lowest BCUT2D eigenvalue weighted by Gasteiger charge is -2.13. The number of hydrogen-bond acceptors (Lipinski definition) is 6. The molecule has 0 saturated carbocycles. The molecule has 134 valence electrons. The van der Waals surface area contributed by atoms with Crippen molar-refractivity contribution >= 4 is 28.3 Å². The number of carbonyl (C=O) groups is 2. The predicted molar refractivity (Wildman–Crippen MR) is 96.6 cm³/mol. The van der Waals surface area contributed by atoms with E-state index in [0.717, 1.165) is 5.69 Å². The summed E-state index contributed by atoms with van der Waals surface area (Å²) in [5.41, 5.74) is 1.25. The van der Waals surface area contributed by atoms with Crippen LogP contribution in [0, 0.1) is 6.92 Å². The Morgan fingerprint density at radius 2 is 2.04 bits per heavy atom. The van der Waals surface area contributed by atoms with Crippen LogP contribution >= 0.6 is 11.3 Å². The molecule has 2 N–H and O–H groups in total. The summed E-state index contributed by atoms with van der Waals surface area (Å²) in [5, 5.41) is 7.86. The molecule has 0 spiro atoms. The molecular formula is C17H21N3O4S. The van der Waals surface area contributed by atoms with Gasteiger partial charge < -0.3 is 14.8 Å². The van der Waals surface area contributed by atoms with Gasteiger partial charge in [-0.25, -0.2) is 4.98 Å². The van der Waals surface area contributed by atoms with E-state index in [1.807, 2.05) is 26.2 Å². The van der Waals surface area contributed by atoms with Crippen molar-refractivity contribution in [3.63, 3.8) is 0 Å². The fourth-order valence-electron chi connectivity index (χ4n) is 2.02. The van der Waals surface area contributed by atoms with Crippen LogP contribution in [0.4, 0.5) is 5.13 Å². The fourth-order valence-corrected chi connectivity index (χ4v) is 2.70. The number of anilines is 1. The van der Waals surface area contributed by atoms with Gasteiger partial charge in [0.25, 0.3) is 11.8 Å². The molecule has 0 atom stereocenters. The number of rotatable bonds is 7. The van der Waals surface area contributed by atoms with Crippen LogP contribution < -0.4 is 20.1 Å². The molecule has 1 heterocycles. The molecule has 2 amide bonds. The van der Waals surface area contributed by atoms with Gasteiger partial charge in [0.1, 0.15) is 0 Å². The van der Waals surface area contributed by atoms with Crippen LogP contribution in [0.2, 0.25) is 0 Å². The predicted octanol–water partition coefficient (Wildman–Crippen LogP) is 2.62. The number of carbonyl (C=O) groups excluding carboxylic acids is 2. The van der Waals surface area contributed by atoms with Crippen molar-refractivity contribution in [2.24, 2.45) is 0 Å². The Balaban J connectivity index is 2.05. The maximum absolute atomic E-state index is 12.3. The van der Waals surface area contributed by atoms with E-state index in [2.05, 4.69) is 15.6 Å². The van der Waals surface area contributed by atoms with Gasteiger partial charge in [0.2, 0.25) is 0 Å². The SMILES string of the molecule is COc1cc(C(=O)Nc2nc(C)cs2)ccc1OCC(=O)NC(C)C. The molecule has 0 bridgehead atoms. The van der Waals surface area contributed by atoms with Crippen LogP contribution in [-0.2, 0) is 4.79 Å². The van der Waals surface area contributed by atoms with Gasteiger partial charge in [0.05, 0.1) is 12.8 Å². The molecule has 0 radical (unpaired) electrons. The quantitative estimate of drug-likeness (QED) is 0.789. The standard InChI is InChI=1S/C17H21N3O4S/c1-10(2)18-15(21)8-24-13-6-5-12(7-14(13)23-4)16(22)20-17-19-11(3)9-25-17/h5-7,9-10H,8H2,1-4H3,(H,18,21)(H,19,20,22). The molecule has 0 saturated heterocycles. The summed E-state index contributed by atoms with van der Waals surface area (Å²) in [6.45, 7) is 5.47. The minimum absolute atomic E-state index is 0.0403. The maximum Gasteiger partial charge on any atom is 0.258 e. The number of nitrogens with one attached hydrogen (secondary N) is 2. The number of ether oxygens (including phenoxy) is 2. The molecule has 0 unspecified atom stereocenters. The highest BCUT2D eigenvalue weighted by atomic mass is 32.1. The lowest BCUT2D eigenvalue weighted by molar-refractivity contribution is -0.123. The van der Waals surface area contributed by atoms with Gasteiger partial charge in [-0.1, -0.05) is 0 Å². The molecule has 0 aliphatic rings. The van der Waals surface area contributed by atoms with Crippen molar-refractivity contribution in [3.05, 3.63) is 34.8 Å². The van der Waals surface area contributed by atoms with Crippen LogP contribution in [0.1, 0.15) is 29.9 Å². The second kappa shape index (κ2) is 8.48. The van der Waals surface area contributed by atoms with Crippen molar-refractivity contribution in [3.8, 4) is 11.5 Å². The van der Waals surface area contributed by atoms with Crippen molar-refractivity contribution in [2.45, 2.75) is 26.8 Å². The highest BCUT2D eigenvalue weighted by Gasteiger charge is 2.14. The summed E-state index contributed by atoms with van der Waals surface area (Å²) < 4.78 is 10.7. The van der Waals surface area contributed by atoms with Gasteiger partial charge in [-0.15, -0.1) is 11.3 Å². The van der Waals surface area contributed by atoms with Gasteiger partial charge in [-0.2, -0.15) is 0 Å². The maximum atomic E-state index is 12.3. The second-order valence-electron chi connectivity index (χ2n) is 5.62. The molecular weight excluding hydrogens is 342 g/mol. The monoisotopic (exact) mass is 363 g/mol. The summed E-state index contributed by atoms with van der Waals surface area (Å²) in [5.74, 6) is 0.248. The van der Waals surface area contributed by atoms with Gasteiger partial charge in [-0.3, -0.25) is 14.9 Å². The average Bonchev–Trinajstić information content (AvgIpc) is 2.97. The number of thiazole rings is 1. The third kappa shape index (κ3) is 5.46. The molecule has 0 aliphatic carbocycles. The average molecular weight is 363 g/mol. The Bertz CT molecular complexity index is 758. The van der Waals surface area contributed by atoms with Gasteiger partial charge in [0.15, 0.2) is 23.2 Å². The van der Waals surface area contributed by atoms with E-state index in [-0.39, 0.29) is 24.5 Å². The lowest BCUT2D eigenvalue weighted by Crippen LogP contribution is -2.34. The third-order valence-corrected chi connectivity index (χ3v) is 3.95.